The highest BCUT2D eigenvalue weighted by Crippen LogP contribution is 2.36. The molecule has 0 saturated carbocycles. The van der Waals surface area contributed by atoms with Crippen LogP contribution in [0.25, 0.3) is 6.08 Å². The Morgan fingerprint density at radius 2 is 2.00 bits per heavy atom. The molecule has 1 heterocycles. The molecule has 1 aliphatic heterocycles. The third kappa shape index (κ3) is 3.37. The number of nitrogens with zero attached hydrogens (tertiary/aromatic N) is 2. The van der Waals surface area contributed by atoms with E-state index >= 15 is 0 Å². The first-order chi connectivity index (χ1) is 12.0. The van der Waals surface area contributed by atoms with Crippen LogP contribution in [0.15, 0.2) is 53.1 Å². The Morgan fingerprint density at radius 3 is 2.68 bits per heavy atom. The van der Waals surface area contributed by atoms with Gasteiger partial charge < -0.3 is 9.84 Å². The van der Waals surface area contributed by atoms with Crippen LogP contribution in [0, 0.1) is 0 Å². The van der Waals surface area contributed by atoms with Crippen LogP contribution in [0.4, 0.5) is 5.69 Å². The van der Waals surface area contributed by atoms with Crippen molar-refractivity contribution in [3.8, 4) is 11.5 Å². The predicted molar refractivity (Wildman–Crippen MR) is 99.3 cm³/mol. The number of hydrogen-bond acceptors (Lipinski definition) is 4. The van der Waals surface area contributed by atoms with Crippen molar-refractivity contribution in [2.45, 2.75) is 13.8 Å². The molecule has 0 unspecified atom stereocenters. The minimum Gasteiger partial charge on any atom is -0.503 e. The quantitative estimate of drug-likeness (QED) is 0.833. The van der Waals surface area contributed by atoms with Gasteiger partial charge in [-0.05, 0) is 49.8 Å². The van der Waals surface area contributed by atoms with Crippen molar-refractivity contribution in [2.75, 3.05) is 11.6 Å². The second-order valence-electron chi connectivity index (χ2n) is 5.48. The van der Waals surface area contributed by atoms with Crippen molar-refractivity contribution in [3.63, 3.8) is 0 Å². The molecule has 0 aliphatic carbocycles. The first-order valence-corrected chi connectivity index (χ1v) is 8.21. The molecule has 0 fully saturated rings. The number of benzene rings is 2. The summed E-state index contributed by atoms with van der Waals surface area (Å²) in [7, 11) is 0. The summed E-state index contributed by atoms with van der Waals surface area (Å²) in [5.41, 5.74) is 2.43. The number of hydrogen-bond donors (Lipinski definition) is 1. The number of halogens is 1. The van der Waals surface area contributed by atoms with Crippen LogP contribution in [0.3, 0.4) is 0 Å². The molecule has 0 radical (unpaired) electrons. The molecule has 0 bridgehead atoms. The number of aromatic hydroxyl groups is 1. The van der Waals surface area contributed by atoms with E-state index in [1.54, 1.807) is 25.1 Å². The van der Waals surface area contributed by atoms with Crippen LogP contribution < -0.4 is 9.75 Å². The van der Waals surface area contributed by atoms with Crippen molar-refractivity contribution < 1.29 is 14.6 Å². The maximum atomic E-state index is 12.7. The van der Waals surface area contributed by atoms with Gasteiger partial charge in [-0.2, -0.15) is 10.1 Å². The Bertz CT molecular complexity index is 876. The molecule has 3 rings (SSSR count). The molecular weight excluding hydrogens is 340 g/mol. The maximum absolute atomic E-state index is 12.7. The van der Waals surface area contributed by atoms with Crippen molar-refractivity contribution >= 4 is 35.0 Å². The van der Waals surface area contributed by atoms with Gasteiger partial charge in [-0.25, -0.2) is 0 Å². The van der Waals surface area contributed by atoms with E-state index in [2.05, 4.69) is 5.10 Å². The van der Waals surface area contributed by atoms with Crippen molar-refractivity contribution in [2.24, 2.45) is 5.10 Å². The van der Waals surface area contributed by atoms with E-state index in [9.17, 15) is 9.90 Å². The zero-order valence-corrected chi connectivity index (χ0v) is 14.6. The van der Waals surface area contributed by atoms with Crippen molar-refractivity contribution in [3.05, 3.63) is 58.6 Å². The number of carbonyl (C=O) groups is 1. The van der Waals surface area contributed by atoms with Crippen LogP contribution in [-0.4, -0.2) is 23.3 Å². The number of carbonyl (C=O) groups excluding carboxylic acids is 1. The van der Waals surface area contributed by atoms with Gasteiger partial charge in [-0.1, -0.05) is 29.8 Å². The van der Waals surface area contributed by atoms with Crippen LogP contribution in [0.2, 0.25) is 5.02 Å². The van der Waals surface area contributed by atoms with E-state index in [1.807, 2.05) is 37.3 Å². The number of rotatable bonds is 4. The fraction of sp³-hybridized carbons (Fsp3) is 0.158. The van der Waals surface area contributed by atoms with Gasteiger partial charge in [0.2, 0.25) is 0 Å². The molecule has 0 atom stereocenters. The van der Waals surface area contributed by atoms with Gasteiger partial charge >= 0.3 is 0 Å². The Balaban J connectivity index is 1.97. The van der Waals surface area contributed by atoms with Gasteiger partial charge in [0.1, 0.15) is 0 Å². The molecule has 128 valence electrons. The van der Waals surface area contributed by atoms with Crippen LogP contribution in [-0.2, 0) is 4.79 Å². The first kappa shape index (κ1) is 17.0. The van der Waals surface area contributed by atoms with Crippen molar-refractivity contribution in [1.82, 2.24) is 0 Å². The van der Waals surface area contributed by atoms with Gasteiger partial charge in [0.05, 0.1) is 28.6 Å². The third-order valence-electron chi connectivity index (χ3n) is 3.72. The molecule has 1 aliphatic rings. The highest BCUT2D eigenvalue weighted by atomic mass is 35.5. The fourth-order valence-corrected chi connectivity index (χ4v) is 2.76. The molecule has 2 aromatic rings. The summed E-state index contributed by atoms with van der Waals surface area (Å²) < 4.78 is 5.38. The summed E-state index contributed by atoms with van der Waals surface area (Å²) >= 11 is 6.05. The Kier molecular flexibility index (Phi) is 4.76. The number of para-hydroxylation sites is 1. The Morgan fingerprint density at radius 1 is 1.28 bits per heavy atom. The molecule has 25 heavy (non-hydrogen) atoms. The van der Waals surface area contributed by atoms with E-state index in [0.717, 1.165) is 0 Å². The second kappa shape index (κ2) is 6.99. The van der Waals surface area contributed by atoms with E-state index < -0.39 is 0 Å². The molecule has 1 N–H and O–H groups in total. The predicted octanol–water partition coefficient (Wildman–Crippen LogP) is 4.25. The molecule has 0 spiro atoms. The highest BCUT2D eigenvalue weighted by Gasteiger charge is 2.28. The summed E-state index contributed by atoms with van der Waals surface area (Å²) in [6, 6.07) is 12.4. The number of hydrazone groups is 1. The van der Waals surface area contributed by atoms with E-state index in [-0.39, 0.29) is 22.4 Å². The fourth-order valence-electron chi connectivity index (χ4n) is 2.54. The number of ether oxygens (including phenoxy) is 1. The zero-order valence-electron chi connectivity index (χ0n) is 13.9. The summed E-state index contributed by atoms with van der Waals surface area (Å²) in [5, 5.41) is 15.8. The molecule has 1 amide bonds. The smallest absolute Gasteiger partial charge is 0.280 e. The lowest BCUT2D eigenvalue weighted by Gasteiger charge is -2.11. The van der Waals surface area contributed by atoms with E-state index in [4.69, 9.17) is 16.3 Å². The lowest BCUT2D eigenvalue weighted by molar-refractivity contribution is -0.114. The topological polar surface area (TPSA) is 62.1 Å². The summed E-state index contributed by atoms with van der Waals surface area (Å²) in [6.45, 7) is 3.98. The summed E-state index contributed by atoms with van der Waals surface area (Å²) in [6.07, 6.45) is 1.69. The average Bonchev–Trinajstić information content (AvgIpc) is 2.88. The second-order valence-corrected chi connectivity index (χ2v) is 5.89. The minimum atomic E-state index is -0.217. The zero-order chi connectivity index (χ0) is 18.0. The lowest BCUT2D eigenvalue weighted by atomic mass is 10.1. The Labute approximate surface area is 150 Å². The van der Waals surface area contributed by atoms with Crippen molar-refractivity contribution in [1.29, 1.82) is 0 Å². The van der Waals surface area contributed by atoms with Crippen LogP contribution in [0.5, 0.6) is 11.5 Å². The molecule has 5 nitrogen and oxygen atoms in total. The largest absolute Gasteiger partial charge is 0.503 e. The normalized spacial score (nSPS) is 15.6. The molecular formula is C19H17ClN2O3. The average molecular weight is 357 g/mol. The monoisotopic (exact) mass is 356 g/mol. The molecule has 0 aromatic heterocycles. The Hall–Kier alpha value is -2.79. The van der Waals surface area contributed by atoms with E-state index in [1.165, 1.54) is 5.01 Å². The van der Waals surface area contributed by atoms with Crippen LogP contribution >= 0.6 is 11.6 Å². The number of phenols is 1. The first-order valence-electron chi connectivity index (χ1n) is 7.83. The molecule has 0 saturated heterocycles. The number of anilines is 1. The van der Waals surface area contributed by atoms with E-state index in [0.29, 0.717) is 29.1 Å². The standard InChI is InChI=1S/C19H17ClN2O3/c1-3-25-17-11-13(10-16(20)18(17)23)9-15-12(2)21-22(19(15)24)14-7-5-4-6-8-14/h4-11,23H,3H2,1-2H3/b15-9-. The van der Waals surface area contributed by atoms with Gasteiger partial charge in [-0.3, -0.25) is 4.79 Å². The third-order valence-corrected chi connectivity index (χ3v) is 4.01. The number of phenolic OH excluding ortho intramolecular Hbond substituents is 1. The van der Waals surface area contributed by atoms with Gasteiger partial charge in [0.25, 0.3) is 5.91 Å². The SMILES string of the molecule is CCOc1cc(/C=C2\C(=O)N(c3ccccc3)N=C2C)cc(Cl)c1O. The highest BCUT2D eigenvalue weighted by molar-refractivity contribution is 6.33. The summed E-state index contributed by atoms with van der Waals surface area (Å²) in [4.78, 5) is 12.7. The summed E-state index contributed by atoms with van der Waals surface area (Å²) in [5.74, 6) is -0.0487. The number of amides is 1. The van der Waals surface area contributed by atoms with Gasteiger partial charge in [0.15, 0.2) is 11.5 Å². The lowest BCUT2D eigenvalue weighted by Crippen LogP contribution is -2.21. The molecule has 6 heteroatoms. The van der Waals surface area contributed by atoms with Crippen LogP contribution in [0.1, 0.15) is 19.4 Å². The minimum absolute atomic E-state index is 0.111. The maximum Gasteiger partial charge on any atom is 0.280 e. The van der Waals surface area contributed by atoms with Gasteiger partial charge in [0, 0.05) is 0 Å². The molecule has 2 aromatic carbocycles. The van der Waals surface area contributed by atoms with Gasteiger partial charge in [-0.15, -0.1) is 0 Å².